The first-order valence-electron chi connectivity index (χ1n) is 7.80. The lowest BCUT2D eigenvalue weighted by atomic mass is 10.1. The number of nitrogens with one attached hydrogen (secondary N) is 1. The number of aromatic amines is 1. The minimum atomic E-state index is 0.0297. The maximum absolute atomic E-state index is 12.2. The lowest BCUT2D eigenvalue weighted by Gasteiger charge is -2.27. The molecule has 0 fully saturated rings. The van der Waals surface area contributed by atoms with Gasteiger partial charge in [-0.25, -0.2) is 4.98 Å². The molecule has 2 aromatic heterocycles. The van der Waals surface area contributed by atoms with E-state index in [1.165, 1.54) is 0 Å². The van der Waals surface area contributed by atoms with E-state index in [0.717, 1.165) is 48.0 Å². The molecule has 0 spiro atoms. The highest BCUT2D eigenvalue weighted by atomic mass is 16.1. The predicted molar refractivity (Wildman–Crippen MR) is 85.7 cm³/mol. The molecule has 5 heteroatoms. The van der Waals surface area contributed by atoms with Crippen molar-refractivity contribution in [3.05, 3.63) is 57.0 Å². The molecule has 5 nitrogen and oxygen atoms in total. The van der Waals surface area contributed by atoms with Gasteiger partial charge in [0.05, 0.1) is 11.4 Å². The Morgan fingerprint density at radius 2 is 2.14 bits per heavy atom. The van der Waals surface area contributed by atoms with E-state index in [1.54, 1.807) is 0 Å². The van der Waals surface area contributed by atoms with Crippen LogP contribution in [0.2, 0.25) is 0 Å². The van der Waals surface area contributed by atoms with Crippen molar-refractivity contribution in [3.8, 4) is 0 Å². The van der Waals surface area contributed by atoms with Gasteiger partial charge in [-0.2, -0.15) is 0 Å². The summed E-state index contributed by atoms with van der Waals surface area (Å²) >= 11 is 0. The van der Waals surface area contributed by atoms with E-state index >= 15 is 0 Å². The van der Waals surface area contributed by atoms with Gasteiger partial charge in [0, 0.05) is 36.8 Å². The van der Waals surface area contributed by atoms with Crippen LogP contribution in [0, 0.1) is 6.92 Å². The molecule has 0 bridgehead atoms. The maximum Gasteiger partial charge on any atom is 0.254 e. The van der Waals surface area contributed by atoms with Gasteiger partial charge in [-0.15, -0.1) is 0 Å². The van der Waals surface area contributed by atoms with Gasteiger partial charge in [-0.05, 0) is 25.5 Å². The van der Waals surface area contributed by atoms with E-state index in [1.807, 2.05) is 39.0 Å². The van der Waals surface area contributed by atoms with Crippen LogP contribution in [0.25, 0.3) is 0 Å². The topological polar surface area (TPSA) is 61.9 Å². The Balaban J connectivity index is 1.82. The van der Waals surface area contributed by atoms with Crippen molar-refractivity contribution in [2.45, 2.75) is 46.2 Å². The Kier molecular flexibility index (Phi) is 4.07. The van der Waals surface area contributed by atoms with Gasteiger partial charge in [0.25, 0.3) is 5.56 Å². The first-order valence-corrected chi connectivity index (χ1v) is 7.80. The fourth-order valence-corrected chi connectivity index (χ4v) is 2.84. The van der Waals surface area contributed by atoms with Crippen LogP contribution in [0.15, 0.2) is 23.0 Å². The maximum atomic E-state index is 12.2. The van der Waals surface area contributed by atoms with Crippen molar-refractivity contribution in [1.82, 2.24) is 19.9 Å². The van der Waals surface area contributed by atoms with E-state index in [2.05, 4.69) is 19.9 Å². The molecule has 116 valence electrons. The zero-order chi connectivity index (χ0) is 15.7. The Morgan fingerprint density at radius 3 is 2.86 bits per heavy atom. The fraction of sp³-hybridized carbons (Fsp3) is 0.471. The second-order valence-corrected chi connectivity index (χ2v) is 6.26. The monoisotopic (exact) mass is 298 g/mol. The van der Waals surface area contributed by atoms with Crippen LogP contribution in [0.5, 0.6) is 0 Å². The lowest BCUT2D eigenvalue weighted by molar-refractivity contribution is 0.237. The molecule has 3 heterocycles. The lowest BCUT2D eigenvalue weighted by Crippen LogP contribution is -2.35. The van der Waals surface area contributed by atoms with E-state index < -0.39 is 0 Å². The standard InChI is InChI=1S/C17H22N4O/c1-11(2)16-19-15-10-21(8-7-14(15)17(22)20-16)9-13-6-4-5-12(3)18-13/h4-6,11H,7-10H2,1-3H3,(H,19,20,22). The average molecular weight is 298 g/mol. The van der Waals surface area contributed by atoms with E-state index in [-0.39, 0.29) is 11.5 Å². The molecule has 1 aliphatic heterocycles. The summed E-state index contributed by atoms with van der Waals surface area (Å²) in [7, 11) is 0. The van der Waals surface area contributed by atoms with Crippen LogP contribution in [0.4, 0.5) is 0 Å². The highest BCUT2D eigenvalue weighted by molar-refractivity contribution is 5.22. The van der Waals surface area contributed by atoms with E-state index in [4.69, 9.17) is 0 Å². The zero-order valence-electron chi connectivity index (χ0n) is 13.4. The molecule has 22 heavy (non-hydrogen) atoms. The third kappa shape index (κ3) is 3.09. The predicted octanol–water partition coefficient (Wildman–Crippen LogP) is 2.16. The summed E-state index contributed by atoms with van der Waals surface area (Å²) in [5.41, 5.74) is 3.90. The summed E-state index contributed by atoms with van der Waals surface area (Å²) in [4.78, 5) is 26.6. The quantitative estimate of drug-likeness (QED) is 0.943. The molecule has 0 unspecified atom stereocenters. The van der Waals surface area contributed by atoms with Gasteiger partial charge in [-0.3, -0.25) is 14.7 Å². The SMILES string of the molecule is Cc1cccc(CN2CCc3c(nc(C(C)C)[nH]c3=O)C2)n1. The molecule has 0 aliphatic carbocycles. The van der Waals surface area contributed by atoms with Gasteiger partial charge in [0.15, 0.2) is 0 Å². The molecule has 2 aromatic rings. The smallest absolute Gasteiger partial charge is 0.254 e. The van der Waals surface area contributed by atoms with Crippen LogP contribution in [-0.4, -0.2) is 26.4 Å². The van der Waals surface area contributed by atoms with Gasteiger partial charge >= 0.3 is 0 Å². The first-order chi connectivity index (χ1) is 10.5. The normalized spacial score (nSPS) is 15.1. The van der Waals surface area contributed by atoms with Crippen LogP contribution in [-0.2, 0) is 19.5 Å². The number of hydrogen-bond donors (Lipinski definition) is 1. The second kappa shape index (κ2) is 6.01. The third-order valence-electron chi connectivity index (χ3n) is 4.05. The highest BCUT2D eigenvalue weighted by Gasteiger charge is 2.21. The molecule has 0 atom stereocenters. The van der Waals surface area contributed by atoms with E-state index in [9.17, 15) is 4.79 Å². The fourth-order valence-electron chi connectivity index (χ4n) is 2.84. The number of aryl methyl sites for hydroxylation is 1. The van der Waals surface area contributed by atoms with Gasteiger partial charge < -0.3 is 4.98 Å². The number of pyridine rings is 1. The Hall–Kier alpha value is -2.01. The summed E-state index contributed by atoms with van der Waals surface area (Å²) in [5.74, 6) is 1.01. The summed E-state index contributed by atoms with van der Waals surface area (Å²) in [6, 6.07) is 6.09. The summed E-state index contributed by atoms with van der Waals surface area (Å²) in [5, 5.41) is 0. The number of hydrogen-bond acceptors (Lipinski definition) is 4. The molecule has 1 aliphatic rings. The molecule has 0 saturated carbocycles. The number of nitrogens with zero attached hydrogens (tertiary/aromatic N) is 3. The minimum Gasteiger partial charge on any atom is -0.310 e. The highest BCUT2D eigenvalue weighted by Crippen LogP contribution is 2.18. The number of rotatable bonds is 3. The van der Waals surface area contributed by atoms with Crippen molar-refractivity contribution < 1.29 is 0 Å². The van der Waals surface area contributed by atoms with Gasteiger partial charge in [0.2, 0.25) is 0 Å². The minimum absolute atomic E-state index is 0.0297. The van der Waals surface area contributed by atoms with Crippen LogP contribution >= 0.6 is 0 Å². The van der Waals surface area contributed by atoms with Crippen LogP contribution in [0.1, 0.15) is 48.2 Å². The molecule has 3 rings (SSSR count). The molecular formula is C17H22N4O. The van der Waals surface area contributed by atoms with Crippen molar-refractivity contribution in [2.24, 2.45) is 0 Å². The Bertz CT molecular complexity index is 736. The first kappa shape index (κ1) is 14.9. The Morgan fingerprint density at radius 1 is 1.32 bits per heavy atom. The van der Waals surface area contributed by atoms with Crippen molar-refractivity contribution in [3.63, 3.8) is 0 Å². The van der Waals surface area contributed by atoms with Crippen molar-refractivity contribution in [2.75, 3.05) is 6.54 Å². The van der Waals surface area contributed by atoms with Gasteiger partial charge in [0.1, 0.15) is 5.82 Å². The molecule has 1 N–H and O–H groups in total. The van der Waals surface area contributed by atoms with Crippen LogP contribution in [0.3, 0.4) is 0 Å². The largest absolute Gasteiger partial charge is 0.310 e. The molecule has 0 amide bonds. The number of H-pyrrole nitrogens is 1. The van der Waals surface area contributed by atoms with Crippen molar-refractivity contribution >= 4 is 0 Å². The van der Waals surface area contributed by atoms with Crippen LogP contribution < -0.4 is 5.56 Å². The van der Waals surface area contributed by atoms with Crippen molar-refractivity contribution in [1.29, 1.82) is 0 Å². The zero-order valence-corrected chi connectivity index (χ0v) is 13.4. The molecular weight excluding hydrogens is 276 g/mol. The summed E-state index contributed by atoms with van der Waals surface area (Å²) < 4.78 is 0. The molecule has 0 saturated heterocycles. The Labute approximate surface area is 130 Å². The second-order valence-electron chi connectivity index (χ2n) is 6.26. The number of aromatic nitrogens is 3. The third-order valence-corrected chi connectivity index (χ3v) is 4.05. The summed E-state index contributed by atoms with van der Waals surface area (Å²) in [6.45, 7) is 8.48. The molecule has 0 radical (unpaired) electrons. The number of fused-ring (bicyclic) bond motifs is 1. The summed E-state index contributed by atoms with van der Waals surface area (Å²) in [6.07, 6.45) is 0.752. The molecule has 0 aromatic carbocycles. The van der Waals surface area contributed by atoms with Gasteiger partial charge in [-0.1, -0.05) is 19.9 Å². The average Bonchev–Trinajstić information content (AvgIpc) is 2.46. The van der Waals surface area contributed by atoms with E-state index in [0.29, 0.717) is 6.54 Å².